The van der Waals surface area contributed by atoms with Crippen LogP contribution in [-0.2, 0) is 10.5 Å². The molecule has 0 radical (unpaired) electrons. The first-order valence-electron chi connectivity index (χ1n) is 5.18. The third-order valence-electron chi connectivity index (χ3n) is 2.45. The number of benzene rings is 1. The van der Waals surface area contributed by atoms with Gasteiger partial charge in [-0.3, -0.25) is 0 Å². The molecule has 0 aliphatic carbocycles. The summed E-state index contributed by atoms with van der Waals surface area (Å²) in [4.78, 5) is 0. The summed E-state index contributed by atoms with van der Waals surface area (Å²) in [5.41, 5.74) is 1.42. The van der Waals surface area contributed by atoms with E-state index in [1.165, 1.54) is 18.4 Å². The van der Waals surface area contributed by atoms with Gasteiger partial charge in [0.2, 0.25) is 0 Å². The highest BCUT2D eigenvalue weighted by molar-refractivity contribution is 7.99. The Kier molecular flexibility index (Phi) is 3.90. The average Bonchev–Trinajstić information content (AvgIpc) is 2.29. The zero-order valence-corrected chi connectivity index (χ0v) is 9.13. The van der Waals surface area contributed by atoms with Gasteiger partial charge in [0.15, 0.2) is 0 Å². The molecule has 14 heavy (non-hydrogen) atoms. The van der Waals surface area contributed by atoms with Gasteiger partial charge in [0.05, 0.1) is 6.61 Å². The second-order valence-electron chi connectivity index (χ2n) is 3.64. The second kappa shape index (κ2) is 5.42. The average molecular weight is 208 g/mol. The second-order valence-corrected chi connectivity index (χ2v) is 4.92. The lowest BCUT2D eigenvalue weighted by Crippen LogP contribution is -2.19. The first-order chi connectivity index (χ1) is 6.95. The molecule has 1 atom stereocenters. The fourth-order valence-electron chi connectivity index (χ4n) is 1.63. The molecule has 1 unspecified atom stereocenters. The number of ether oxygens (including phenoxy) is 1. The number of hydrogen-bond donors (Lipinski definition) is 0. The lowest BCUT2D eigenvalue weighted by Gasteiger charge is -2.21. The van der Waals surface area contributed by atoms with E-state index in [0.717, 1.165) is 19.0 Å². The van der Waals surface area contributed by atoms with E-state index < -0.39 is 0 Å². The van der Waals surface area contributed by atoms with Crippen molar-refractivity contribution in [2.75, 3.05) is 13.2 Å². The highest BCUT2D eigenvalue weighted by atomic mass is 32.2. The maximum Gasteiger partial charge on any atom is 0.0585 e. The van der Waals surface area contributed by atoms with Crippen molar-refractivity contribution in [2.24, 2.45) is 0 Å². The fraction of sp³-hybridized carbons (Fsp3) is 0.500. The molecule has 0 bridgehead atoms. The van der Waals surface area contributed by atoms with Gasteiger partial charge >= 0.3 is 0 Å². The minimum absolute atomic E-state index is 0.712. The van der Waals surface area contributed by atoms with Crippen LogP contribution in [0.3, 0.4) is 0 Å². The molecule has 2 heteroatoms. The fourth-order valence-corrected chi connectivity index (χ4v) is 2.78. The van der Waals surface area contributed by atoms with E-state index in [4.69, 9.17) is 4.74 Å². The van der Waals surface area contributed by atoms with Crippen LogP contribution in [0, 0.1) is 0 Å². The maximum absolute atomic E-state index is 5.45. The van der Waals surface area contributed by atoms with Crippen LogP contribution in [0.25, 0.3) is 0 Å². The maximum atomic E-state index is 5.45. The van der Waals surface area contributed by atoms with E-state index in [0.29, 0.717) is 5.25 Å². The molecule has 1 nitrogen and oxygen atoms in total. The Hall–Kier alpha value is -0.470. The van der Waals surface area contributed by atoms with Crippen molar-refractivity contribution in [1.82, 2.24) is 0 Å². The van der Waals surface area contributed by atoms with Gasteiger partial charge < -0.3 is 4.74 Å². The third-order valence-corrected chi connectivity index (χ3v) is 3.79. The van der Waals surface area contributed by atoms with E-state index in [1.807, 2.05) is 11.8 Å². The lowest BCUT2D eigenvalue weighted by atomic mass is 10.2. The minimum atomic E-state index is 0.712. The molecule has 1 aromatic carbocycles. The Morgan fingerprint density at radius 1 is 1.29 bits per heavy atom. The Bertz CT molecular complexity index is 254. The molecule has 76 valence electrons. The zero-order chi connectivity index (χ0) is 9.64. The van der Waals surface area contributed by atoms with E-state index in [9.17, 15) is 0 Å². The van der Waals surface area contributed by atoms with Crippen molar-refractivity contribution in [3.05, 3.63) is 35.9 Å². The molecule has 1 aliphatic rings. The van der Waals surface area contributed by atoms with E-state index in [2.05, 4.69) is 30.3 Å². The summed E-state index contributed by atoms with van der Waals surface area (Å²) in [6.45, 7) is 1.90. The largest absolute Gasteiger partial charge is 0.380 e. The molecule has 1 aliphatic heterocycles. The van der Waals surface area contributed by atoms with Crippen LogP contribution >= 0.6 is 11.8 Å². The van der Waals surface area contributed by atoms with Crippen LogP contribution < -0.4 is 0 Å². The molecule has 1 fully saturated rings. The first kappa shape index (κ1) is 10.1. The topological polar surface area (TPSA) is 9.23 Å². The highest BCUT2D eigenvalue weighted by Gasteiger charge is 2.13. The molecular formula is C12H16OS. The molecule has 1 aromatic rings. The lowest BCUT2D eigenvalue weighted by molar-refractivity contribution is 0.101. The summed E-state index contributed by atoms with van der Waals surface area (Å²) >= 11 is 2.03. The molecular weight excluding hydrogens is 192 g/mol. The predicted molar refractivity (Wildman–Crippen MR) is 61.6 cm³/mol. The molecule has 0 spiro atoms. The molecule has 1 heterocycles. The summed E-state index contributed by atoms with van der Waals surface area (Å²) in [5, 5.41) is 0.712. The van der Waals surface area contributed by atoms with E-state index in [-0.39, 0.29) is 0 Å². The van der Waals surface area contributed by atoms with Crippen molar-refractivity contribution in [2.45, 2.75) is 23.8 Å². The standard InChI is InChI=1S/C12H16OS/c1-2-5-11(6-3-1)10-14-12-7-4-8-13-9-12/h1-3,5-6,12H,4,7-10H2. The van der Waals surface area contributed by atoms with Crippen LogP contribution in [0.5, 0.6) is 0 Å². The van der Waals surface area contributed by atoms with Crippen molar-refractivity contribution in [1.29, 1.82) is 0 Å². The third kappa shape index (κ3) is 3.03. The monoisotopic (exact) mass is 208 g/mol. The van der Waals surface area contributed by atoms with Gasteiger partial charge in [-0.05, 0) is 18.4 Å². The molecule has 0 N–H and O–H groups in total. The summed E-state index contributed by atoms with van der Waals surface area (Å²) in [6.07, 6.45) is 2.55. The van der Waals surface area contributed by atoms with Gasteiger partial charge in [0, 0.05) is 17.6 Å². The van der Waals surface area contributed by atoms with Crippen molar-refractivity contribution < 1.29 is 4.74 Å². The van der Waals surface area contributed by atoms with Gasteiger partial charge in [-0.25, -0.2) is 0 Å². The Morgan fingerprint density at radius 2 is 2.14 bits per heavy atom. The SMILES string of the molecule is c1ccc(CSC2CCCOC2)cc1. The van der Waals surface area contributed by atoms with Gasteiger partial charge in [-0.15, -0.1) is 0 Å². The smallest absolute Gasteiger partial charge is 0.0585 e. The van der Waals surface area contributed by atoms with Gasteiger partial charge in [-0.1, -0.05) is 30.3 Å². The van der Waals surface area contributed by atoms with E-state index in [1.54, 1.807) is 0 Å². The molecule has 0 aromatic heterocycles. The quantitative estimate of drug-likeness (QED) is 0.755. The number of thioether (sulfide) groups is 1. The normalized spacial score (nSPS) is 22.1. The van der Waals surface area contributed by atoms with Crippen molar-refractivity contribution in [3.8, 4) is 0 Å². The summed E-state index contributed by atoms with van der Waals surface area (Å²) in [7, 11) is 0. The highest BCUT2D eigenvalue weighted by Crippen LogP contribution is 2.24. The van der Waals surface area contributed by atoms with Gasteiger partial charge in [0.25, 0.3) is 0 Å². The molecule has 0 saturated carbocycles. The van der Waals surface area contributed by atoms with E-state index >= 15 is 0 Å². The Morgan fingerprint density at radius 3 is 2.86 bits per heavy atom. The minimum Gasteiger partial charge on any atom is -0.380 e. The van der Waals surface area contributed by atoms with Crippen molar-refractivity contribution >= 4 is 11.8 Å². The zero-order valence-electron chi connectivity index (χ0n) is 8.32. The van der Waals surface area contributed by atoms with Crippen LogP contribution in [0.4, 0.5) is 0 Å². The molecule has 1 saturated heterocycles. The van der Waals surface area contributed by atoms with Crippen molar-refractivity contribution in [3.63, 3.8) is 0 Å². The summed E-state index contributed by atoms with van der Waals surface area (Å²) < 4.78 is 5.45. The number of rotatable bonds is 3. The summed E-state index contributed by atoms with van der Waals surface area (Å²) in [5.74, 6) is 1.12. The predicted octanol–water partition coefficient (Wildman–Crippen LogP) is 3.10. The molecule has 2 rings (SSSR count). The Balaban J connectivity index is 1.76. The van der Waals surface area contributed by atoms with Crippen LogP contribution in [0.2, 0.25) is 0 Å². The Labute approximate surface area is 89.9 Å². The first-order valence-corrected chi connectivity index (χ1v) is 6.23. The van der Waals surface area contributed by atoms with Gasteiger partial charge in [-0.2, -0.15) is 11.8 Å². The van der Waals surface area contributed by atoms with Crippen LogP contribution in [0.1, 0.15) is 18.4 Å². The number of hydrogen-bond acceptors (Lipinski definition) is 2. The molecule has 0 amide bonds. The summed E-state index contributed by atoms with van der Waals surface area (Å²) in [6, 6.07) is 10.7. The van der Waals surface area contributed by atoms with Gasteiger partial charge in [0.1, 0.15) is 0 Å². The van der Waals surface area contributed by atoms with Crippen LogP contribution in [-0.4, -0.2) is 18.5 Å². The van der Waals surface area contributed by atoms with Crippen LogP contribution in [0.15, 0.2) is 30.3 Å².